The highest BCUT2D eigenvalue weighted by molar-refractivity contribution is 6.31. The Balaban J connectivity index is 2.24. The van der Waals surface area contributed by atoms with Crippen LogP contribution in [0.5, 0.6) is 0 Å². The second-order valence-electron chi connectivity index (χ2n) is 5.12. The molecule has 1 heterocycles. The Hall–Kier alpha value is -2.21. The average Bonchev–Trinajstić information content (AvgIpc) is 3.01. The number of carbonyl (C=O) groups excluding carboxylic acids is 1. The number of nitrogens with zero attached hydrogens (tertiary/aromatic N) is 1. The van der Waals surface area contributed by atoms with Gasteiger partial charge in [-0.3, -0.25) is 10.2 Å². The molecule has 1 fully saturated rings. The lowest BCUT2D eigenvalue weighted by atomic mass is 10.2. The SMILES string of the molecule is CCO/C(O)=C(\C(=N)N1CCCC1)C(=O)Nc1cccc(Cl)c1. The lowest BCUT2D eigenvalue weighted by Gasteiger charge is -2.21. The molecular weight excluding hydrogens is 318 g/mol. The summed E-state index contributed by atoms with van der Waals surface area (Å²) in [5.74, 6) is -1.17. The standard InChI is InChI=1S/C16H20ClN3O3/c1-2-23-16(22)13(14(18)20-8-3-4-9-20)15(21)19-12-7-5-6-11(17)10-12/h5-7,10,18,22H,2-4,8-9H2,1H3,(H,19,21)/b16-13+,18-14?. The van der Waals surface area contributed by atoms with E-state index in [1.54, 1.807) is 36.1 Å². The van der Waals surface area contributed by atoms with Crippen molar-refractivity contribution in [2.45, 2.75) is 19.8 Å². The summed E-state index contributed by atoms with van der Waals surface area (Å²) in [5, 5.41) is 21.4. The van der Waals surface area contributed by atoms with E-state index in [0.717, 1.165) is 12.8 Å². The second kappa shape index (κ2) is 7.87. The number of hydrogen-bond acceptors (Lipinski definition) is 4. The maximum absolute atomic E-state index is 12.5. The molecule has 1 aromatic carbocycles. The normalized spacial score (nSPS) is 15.1. The maximum atomic E-state index is 12.5. The Labute approximate surface area is 140 Å². The summed E-state index contributed by atoms with van der Waals surface area (Å²) >= 11 is 5.90. The van der Waals surface area contributed by atoms with Crippen molar-refractivity contribution in [2.75, 3.05) is 25.0 Å². The third-order valence-corrected chi connectivity index (χ3v) is 3.70. The Morgan fingerprint density at radius 1 is 1.43 bits per heavy atom. The molecule has 0 bridgehead atoms. The first-order valence-electron chi connectivity index (χ1n) is 7.49. The van der Waals surface area contributed by atoms with Crippen LogP contribution < -0.4 is 5.32 Å². The fourth-order valence-corrected chi connectivity index (χ4v) is 2.56. The molecule has 0 spiro atoms. The number of amidine groups is 1. The Bertz CT molecular complexity index is 625. The fraction of sp³-hybridized carbons (Fsp3) is 0.375. The predicted octanol–water partition coefficient (Wildman–Crippen LogP) is 3.16. The van der Waals surface area contributed by atoms with Crippen LogP contribution in [0, 0.1) is 5.41 Å². The molecule has 3 N–H and O–H groups in total. The second-order valence-corrected chi connectivity index (χ2v) is 5.56. The maximum Gasteiger partial charge on any atom is 0.293 e. The molecule has 0 aliphatic carbocycles. The van der Waals surface area contributed by atoms with Crippen LogP contribution in [-0.2, 0) is 9.53 Å². The van der Waals surface area contributed by atoms with Crippen molar-refractivity contribution < 1.29 is 14.6 Å². The summed E-state index contributed by atoms with van der Waals surface area (Å²) in [6.45, 7) is 3.27. The molecule has 1 aliphatic rings. The number of anilines is 1. The zero-order valence-electron chi connectivity index (χ0n) is 12.9. The van der Waals surface area contributed by atoms with Crippen molar-refractivity contribution in [3.63, 3.8) is 0 Å². The highest BCUT2D eigenvalue weighted by Gasteiger charge is 2.27. The number of rotatable bonds is 5. The zero-order valence-corrected chi connectivity index (χ0v) is 13.7. The third-order valence-electron chi connectivity index (χ3n) is 3.46. The van der Waals surface area contributed by atoms with Crippen LogP contribution in [0.15, 0.2) is 35.8 Å². The summed E-state index contributed by atoms with van der Waals surface area (Å²) in [5.41, 5.74) is 0.312. The van der Waals surface area contributed by atoms with Crippen molar-refractivity contribution in [1.82, 2.24) is 4.90 Å². The van der Waals surface area contributed by atoms with Gasteiger partial charge in [0.1, 0.15) is 5.84 Å². The minimum absolute atomic E-state index is 0.0343. The molecular formula is C16H20ClN3O3. The molecule has 124 valence electrons. The van der Waals surface area contributed by atoms with Crippen LogP contribution >= 0.6 is 11.6 Å². The highest BCUT2D eigenvalue weighted by atomic mass is 35.5. The number of hydrogen-bond donors (Lipinski definition) is 3. The number of benzene rings is 1. The molecule has 0 aromatic heterocycles. The number of likely N-dealkylation sites (tertiary alicyclic amines) is 1. The van der Waals surface area contributed by atoms with E-state index in [-0.39, 0.29) is 18.0 Å². The Kier molecular flexibility index (Phi) is 5.87. The van der Waals surface area contributed by atoms with Crippen LogP contribution in [0.3, 0.4) is 0 Å². The molecule has 6 nitrogen and oxygen atoms in total. The van der Waals surface area contributed by atoms with Gasteiger partial charge in [-0.05, 0) is 38.0 Å². The molecule has 0 saturated carbocycles. The van der Waals surface area contributed by atoms with Gasteiger partial charge in [-0.25, -0.2) is 0 Å². The predicted molar refractivity (Wildman–Crippen MR) is 89.9 cm³/mol. The van der Waals surface area contributed by atoms with E-state index in [4.69, 9.17) is 21.7 Å². The van der Waals surface area contributed by atoms with Gasteiger partial charge in [-0.15, -0.1) is 0 Å². The molecule has 0 radical (unpaired) electrons. The van der Waals surface area contributed by atoms with Gasteiger partial charge in [0.15, 0.2) is 5.57 Å². The largest absolute Gasteiger partial charge is 0.480 e. The summed E-state index contributed by atoms with van der Waals surface area (Å²) < 4.78 is 5.05. The van der Waals surface area contributed by atoms with Crippen molar-refractivity contribution in [3.05, 3.63) is 40.8 Å². The molecule has 1 aliphatic heterocycles. The van der Waals surface area contributed by atoms with Gasteiger partial charge >= 0.3 is 0 Å². The van der Waals surface area contributed by atoms with E-state index in [1.165, 1.54) is 0 Å². The van der Waals surface area contributed by atoms with E-state index in [1.807, 2.05) is 0 Å². The Morgan fingerprint density at radius 2 is 2.13 bits per heavy atom. The van der Waals surface area contributed by atoms with Gasteiger partial charge in [-0.2, -0.15) is 0 Å². The number of aliphatic hydroxyl groups is 1. The first-order valence-corrected chi connectivity index (χ1v) is 7.87. The van der Waals surface area contributed by atoms with Gasteiger partial charge in [0.2, 0.25) is 0 Å². The molecule has 1 amide bonds. The number of amides is 1. The third kappa shape index (κ3) is 4.39. The van der Waals surface area contributed by atoms with Crippen LogP contribution in [0.25, 0.3) is 0 Å². The van der Waals surface area contributed by atoms with Crippen molar-refractivity contribution in [3.8, 4) is 0 Å². The molecule has 0 unspecified atom stereocenters. The number of nitrogens with one attached hydrogen (secondary N) is 2. The lowest BCUT2D eigenvalue weighted by molar-refractivity contribution is -0.113. The van der Waals surface area contributed by atoms with Crippen LogP contribution in [0.4, 0.5) is 5.69 Å². The molecule has 1 saturated heterocycles. The lowest BCUT2D eigenvalue weighted by Crippen LogP contribution is -2.34. The molecule has 23 heavy (non-hydrogen) atoms. The minimum atomic E-state index is -0.602. The number of halogens is 1. The van der Waals surface area contributed by atoms with E-state index in [0.29, 0.717) is 23.8 Å². The van der Waals surface area contributed by atoms with E-state index >= 15 is 0 Å². The minimum Gasteiger partial charge on any atom is -0.480 e. The van der Waals surface area contributed by atoms with E-state index in [9.17, 15) is 9.90 Å². The number of ether oxygens (including phenoxy) is 1. The number of aliphatic hydroxyl groups excluding tert-OH is 1. The van der Waals surface area contributed by atoms with Gasteiger partial charge in [0, 0.05) is 23.8 Å². The zero-order chi connectivity index (χ0) is 16.8. The average molecular weight is 338 g/mol. The van der Waals surface area contributed by atoms with Crippen LogP contribution in [-0.4, -0.2) is 41.4 Å². The summed E-state index contributed by atoms with van der Waals surface area (Å²) in [4.78, 5) is 14.3. The molecule has 7 heteroatoms. The van der Waals surface area contributed by atoms with Gasteiger partial charge < -0.3 is 20.1 Å². The summed E-state index contributed by atoms with van der Waals surface area (Å²) in [7, 11) is 0. The first-order chi connectivity index (χ1) is 11.0. The van der Waals surface area contributed by atoms with Crippen LogP contribution in [0.2, 0.25) is 5.02 Å². The molecule has 0 atom stereocenters. The highest BCUT2D eigenvalue weighted by Crippen LogP contribution is 2.19. The van der Waals surface area contributed by atoms with Crippen molar-refractivity contribution in [1.29, 1.82) is 5.41 Å². The topological polar surface area (TPSA) is 85.7 Å². The van der Waals surface area contributed by atoms with Gasteiger partial charge in [0.25, 0.3) is 11.9 Å². The van der Waals surface area contributed by atoms with Crippen molar-refractivity contribution in [2.24, 2.45) is 0 Å². The van der Waals surface area contributed by atoms with E-state index < -0.39 is 11.9 Å². The number of carbonyl (C=O) groups is 1. The van der Waals surface area contributed by atoms with Gasteiger partial charge in [-0.1, -0.05) is 17.7 Å². The monoisotopic (exact) mass is 337 g/mol. The Morgan fingerprint density at radius 3 is 2.74 bits per heavy atom. The van der Waals surface area contributed by atoms with E-state index in [2.05, 4.69) is 5.32 Å². The van der Waals surface area contributed by atoms with Crippen LogP contribution in [0.1, 0.15) is 19.8 Å². The summed E-state index contributed by atoms with van der Waals surface area (Å²) in [6.07, 6.45) is 1.92. The smallest absolute Gasteiger partial charge is 0.293 e. The quantitative estimate of drug-likeness (QED) is 0.333. The van der Waals surface area contributed by atoms with Gasteiger partial charge in [0.05, 0.1) is 6.61 Å². The van der Waals surface area contributed by atoms with Crippen molar-refractivity contribution >= 4 is 29.0 Å². The molecule has 1 aromatic rings. The fourth-order valence-electron chi connectivity index (χ4n) is 2.37. The first kappa shape index (κ1) is 17.1. The molecule has 2 rings (SSSR count). The summed E-state index contributed by atoms with van der Waals surface area (Å²) in [6, 6.07) is 6.67.